The Labute approximate surface area is 111 Å². The number of thioether (sulfide) groups is 1. The van der Waals surface area contributed by atoms with E-state index in [0.717, 1.165) is 17.9 Å². The Kier molecular flexibility index (Phi) is 4.45. The van der Waals surface area contributed by atoms with Crippen molar-refractivity contribution in [3.05, 3.63) is 29.3 Å². The van der Waals surface area contributed by atoms with Crippen LogP contribution in [0.25, 0.3) is 0 Å². The second-order valence-electron chi connectivity index (χ2n) is 4.57. The van der Waals surface area contributed by atoms with Gasteiger partial charge in [0.25, 0.3) is 0 Å². The molecule has 1 saturated heterocycles. The Balaban J connectivity index is 2.26. The molecule has 1 fully saturated rings. The third-order valence-electron chi connectivity index (χ3n) is 3.26. The molecular weight excluding hydrogens is 254 g/mol. The highest BCUT2D eigenvalue weighted by Gasteiger charge is 2.25. The highest BCUT2D eigenvalue weighted by atomic mass is 32.2. The molecule has 0 radical (unpaired) electrons. The Morgan fingerprint density at radius 2 is 2.06 bits per heavy atom. The van der Waals surface area contributed by atoms with Gasteiger partial charge in [-0.1, -0.05) is 0 Å². The minimum atomic E-state index is -0.473. The molecule has 1 aromatic rings. The molecule has 1 aliphatic rings. The van der Waals surface area contributed by atoms with Crippen molar-refractivity contribution in [1.82, 2.24) is 5.32 Å². The van der Waals surface area contributed by atoms with Gasteiger partial charge in [0.2, 0.25) is 0 Å². The number of rotatable bonds is 4. The fraction of sp³-hybridized carbons (Fsp3) is 0.538. The molecule has 1 aliphatic heterocycles. The van der Waals surface area contributed by atoms with Crippen molar-refractivity contribution in [2.24, 2.45) is 0 Å². The van der Waals surface area contributed by atoms with Crippen LogP contribution < -0.4 is 10.2 Å². The van der Waals surface area contributed by atoms with Crippen molar-refractivity contribution >= 4 is 17.4 Å². The van der Waals surface area contributed by atoms with E-state index in [0.29, 0.717) is 12.1 Å². The number of nitrogens with one attached hydrogen (secondary N) is 1. The van der Waals surface area contributed by atoms with Crippen LogP contribution in [0.5, 0.6) is 0 Å². The first-order valence-electron chi connectivity index (χ1n) is 6.06. The van der Waals surface area contributed by atoms with Crippen molar-refractivity contribution in [2.45, 2.75) is 19.0 Å². The molecule has 0 aliphatic carbocycles. The maximum Gasteiger partial charge on any atom is 0.149 e. The monoisotopic (exact) mass is 272 g/mol. The third-order valence-corrected chi connectivity index (χ3v) is 4.41. The minimum Gasteiger partial charge on any atom is -0.366 e. The molecule has 0 aromatic heterocycles. The van der Waals surface area contributed by atoms with E-state index in [2.05, 4.69) is 5.32 Å². The Bertz CT molecular complexity index is 396. The summed E-state index contributed by atoms with van der Waals surface area (Å²) in [5.41, 5.74) is 0.729. The molecule has 2 rings (SSSR count). The van der Waals surface area contributed by atoms with Gasteiger partial charge in [0.05, 0.1) is 0 Å². The van der Waals surface area contributed by atoms with Crippen LogP contribution in [-0.4, -0.2) is 31.6 Å². The second kappa shape index (κ2) is 5.89. The van der Waals surface area contributed by atoms with Gasteiger partial charge in [-0.3, -0.25) is 0 Å². The average Bonchev–Trinajstić information content (AvgIpc) is 2.81. The van der Waals surface area contributed by atoms with Gasteiger partial charge in [-0.15, -0.1) is 0 Å². The van der Waals surface area contributed by atoms with E-state index in [1.54, 1.807) is 19.0 Å². The minimum absolute atomic E-state index is 0.0994. The summed E-state index contributed by atoms with van der Waals surface area (Å²) in [5, 5.41) is 2.89. The maximum absolute atomic E-state index is 14.0. The largest absolute Gasteiger partial charge is 0.366 e. The molecule has 1 unspecified atom stereocenters. The summed E-state index contributed by atoms with van der Waals surface area (Å²) in [4.78, 5) is 1.74. The van der Waals surface area contributed by atoms with Gasteiger partial charge in [0.1, 0.15) is 17.3 Å². The average molecular weight is 272 g/mol. The third kappa shape index (κ3) is 2.78. The highest BCUT2D eigenvalue weighted by molar-refractivity contribution is 7.99. The predicted octanol–water partition coefficient (Wildman–Crippen LogP) is 2.63. The SMILES string of the molecule is CNCc1cc(F)c(N(C)C2CCSC2)c(F)c1. The molecule has 2 nitrogen and oxygen atoms in total. The van der Waals surface area contributed by atoms with E-state index in [1.807, 2.05) is 11.8 Å². The van der Waals surface area contributed by atoms with Crippen LogP contribution >= 0.6 is 11.8 Å². The Hall–Kier alpha value is -0.810. The van der Waals surface area contributed by atoms with Gasteiger partial charge in [-0.2, -0.15) is 11.8 Å². The van der Waals surface area contributed by atoms with Crippen molar-refractivity contribution in [1.29, 1.82) is 0 Å². The number of hydrogen-bond acceptors (Lipinski definition) is 3. The van der Waals surface area contributed by atoms with Gasteiger partial charge >= 0.3 is 0 Å². The lowest BCUT2D eigenvalue weighted by molar-refractivity contribution is 0.558. The molecule has 1 atom stereocenters. The quantitative estimate of drug-likeness (QED) is 0.907. The number of nitrogens with zero attached hydrogens (tertiary/aromatic N) is 1. The fourth-order valence-corrected chi connectivity index (χ4v) is 3.54. The van der Waals surface area contributed by atoms with Crippen LogP contribution in [0, 0.1) is 11.6 Å². The second-order valence-corrected chi connectivity index (χ2v) is 5.72. The van der Waals surface area contributed by atoms with Crippen LogP contribution in [0.15, 0.2) is 12.1 Å². The maximum atomic E-state index is 14.0. The molecule has 18 heavy (non-hydrogen) atoms. The number of anilines is 1. The zero-order valence-corrected chi connectivity index (χ0v) is 11.5. The molecule has 1 N–H and O–H groups in total. The van der Waals surface area contributed by atoms with Crippen molar-refractivity contribution in [3.63, 3.8) is 0 Å². The van der Waals surface area contributed by atoms with Crippen molar-refractivity contribution < 1.29 is 8.78 Å². The lowest BCUT2D eigenvalue weighted by atomic mass is 10.1. The topological polar surface area (TPSA) is 15.3 Å². The van der Waals surface area contributed by atoms with Gasteiger partial charge in [-0.25, -0.2) is 8.78 Å². The lowest BCUT2D eigenvalue weighted by Crippen LogP contribution is -2.32. The summed E-state index contributed by atoms with van der Waals surface area (Å²) < 4.78 is 28.0. The Morgan fingerprint density at radius 3 is 2.56 bits per heavy atom. The van der Waals surface area contributed by atoms with E-state index in [9.17, 15) is 8.78 Å². The van der Waals surface area contributed by atoms with Crippen molar-refractivity contribution in [2.75, 3.05) is 30.5 Å². The molecule has 0 saturated carbocycles. The first kappa shape index (κ1) is 13.6. The first-order chi connectivity index (χ1) is 8.63. The number of halogens is 2. The van der Waals surface area contributed by atoms with Crippen LogP contribution in [0.3, 0.4) is 0 Å². The summed E-state index contributed by atoms with van der Waals surface area (Å²) in [6.45, 7) is 0.469. The van der Waals surface area contributed by atoms with E-state index in [1.165, 1.54) is 12.1 Å². The first-order valence-corrected chi connectivity index (χ1v) is 7.22. The smallest absolute Gasteiger partial charge is 0.149 e. The summed E-state index contributed by atoms with van der Waals surface area (Å²) in [6, 6.07) is 3.05. The van der Waals surface area contributed by atoms with E-state index in [4.69, 9.17) is 0 Å². The van der Waals surface area contributed by atoms with E-state index < -0.39 is 11.6 Å². The number of hydrogen-bond donors (Lipinski definition) is 1. The van der Waals surface area contributed by atoms with Crippen LogP contribution in [0.1, 0.15) is 12.0 Å². The van der Waals surface area contributed by atoms with Crippen LogP contribution in [-0.2, 0) is 6.54 Å². The van der Waals surface area contributed by atoms with Gasteiger partial charge in [0, 0.05) is 25.4 Å². The predicted molar refractivity (Wildman–Crippen MR) is 73.3 cm³/mol. The number of benzene rings is 1. The van der Waals surface area contributed by atoms with Gasteiger partial charge < -0.3 is 10.2 Å². The van der Waals surface area contributed by atoms with E-state index >= 15 is 0 Å². The molecule has 0 spiro atoms. The summed E-state index contributed by atoms with van der Waals surface area (Å²) >= 11 is 1.83. The van der Waals surface area contributed by atoms with E-state index in [-0.39, 0.29) is 11.7 Å². The highest BCUT2D eigenvalue weighted by Crippen LogP contribution is 2.30. The fourth-order valence-electron chi connectivity index (χ4n) is 2.27. The summed E-state index contributed by atoms with van der Waals surface area (Å²) in [5.74, 6) is 1.06. The molecular formula is C13H18F2N2S. The normalized spacial score (nSPS) is 19.2. The standard InChI is InChI=1S/C13H18F2N2S/c1-16-7-9-5-11(14)13(12(15)6-9)17(2)10-3-4-18-8-10/h5-6,10,16H,3-4,7-8H2,1-2H3. The molecule has 5 heteroatoms. The zero-order valence-electron chi connectivity index (χ0n) is 10.7. The zero-order chi connectivity index (χ0) is 13.1. The molecule has 1 aromatic carbocycles. The molecule has 100 valence electrons. The molecule has 1 heterocycles. The van der Waals surface area contributed by atoms with Crippen LogP contribution in [0.2, 0.25) is 0 Å². The van der Waals surface area contributed by atoms with Gasteiger partial charge in [0.15, 0.2) is 0 Å². The van der Waals surface area contributed by atoms with Gasteiger partial charge in [-0.05, 0) is 36.9 Å². The lowest BCUT2D eigenvalue weighted by Gasteiger charge is -2.27. The van der Waals surface area contributed by atoms with Crippen molar-refractivity contribution in [3.8, 4) is 0 Å². The molecule has 0 bridgehead atoms. The molecule has 0 amide bonds. The summed E-state index contributed by atoms with van der Waals surface area (Å²) in [7, 11) is 3.53. The Morgan fingerprint density at radius 1 is 1.39 bits per heavy atom. The van der Waals surface area contributed by atoms with Crippen LogP contribution in [0.4, 0.5) is 14.5 Å². The summed E-state index contributed by atoms with van der Waals surface area (Å²) in [6.07, 6.45) is 0.984.